The summed E-state index contributed by atoms with van der Waals surface area (Å²) in [5, 5.41) is 8.82. The fourth-order valence-electron chi connectivity index (χ4n) is 3.97. The molecule has 0 aromatic carbocycles. The van der Waals surface area contributed by atoms with Gasteiger partial charge in [0.05, 0.1) is 0 Å². The molecule has 72 valence electrons. The first-order chi connectivity index (χ1) is 6.19. The maximum atomic E-state index is 10.7. The van der Waals surface area contributed by atoms with Gasteiger partial charge in [-0.25, -0.2) is 0 Å². The van der Waals surface area contributed by atoms with Crippen LogP contribution in [-0.2, 0) is 4.79 Å². The van der Waals surface area contributed by atoms with E-state index in [0.29, 0.717) is 23.2 Å². The summed E-state index contributed by atoms with van der Waals surface area (Å²) in [5.41, 5.74) is 1.19. The maximum absolute atomic E-state index is 10.7. The lowest BCUT2D eigenvalue weighted by molar-refractivity contribution is -0.138. The smallest absolute Gasteiger partial charge is 0.303 e. The molecule has 3 aliphatic carbocycles. The van der Waals surface area contributed by atoms with Crippen LogP contribution in [0.4, 0.5) is 0 Å². The Hall–Kier alpha value is -0.530. The van der Waals surface area contributed by atoms with Crippen molar-refractivity contribution in [3.63, 3.8) is 0 Å². The average Bonchev–Trinajstić information content (AvgIpc) is 2.89. The summed E-state index contributed by atoms with van der Waals surface area (Å²) in [7, 11) is 0. The third-order valence-corrected chi connectivity index (χ3v) is 4.82. The summed E-state index contributed by atoms with van der Waals surface area (Å²) in [5.74, 6) is -0.0681. The van der Waals surface area contributed by atoms with Gasteiger partial charge in [0.15, 0.2) is 0 Å². The van der Waals surface area contributed by atoms with Gasteiger partial charge in [0, 0.05) is 6.42 Å². The standard InChI is InChI=1S/C11H16O2/c12-9(13)6-8-2-1-3-11(8)7-10(11)4-5-10/h8H,1-7H2,(H,12,13). The molecule has 3 aliphatic rings. The fraction of sp³-hybridized carbons (Fsp3) is 0.909. The van der Waals surface area contributed by atoms with Crippen LogP contribution in [0.2, 0.25) is 0 Å². The zero-order valence-corrected chi connectivity index (χ0v) is 7.88. The molecule has 3 fully saturated rings. The van der Waals surface area contributed by atoms with Crippen LogP contribution in [0.15, 0.2) is 0 Å². The minimum atomic E-state index is -0.589. The largest absolute Gasteiger partial charge is 0.481 e. The Morgan fingerprint density at radius 2 is 2.15 bits per heavy atom. The van der Waals surface area contributed by atoms with Gasteiger partial charge in [-0.05, 0) is 48.9 Å². The third kappa shape index (κ3) is 0.866. The van der Waals surface area contributed by atoms with Crippen LogP contribution in [0.1, 0.15) is 44.9 Å². The van der Waals surface area contributed by atoms with Gasteiger partial charge in [0.2, 0.25) is 0 Å². The first kappa shape index (κ1) is 7.84. The first-order valence-corrected chi connectivity index (χ1v) is 5.40. The molecular formula is C11H16O2. The lowest BCUT2D eigenvalue weighted by Gasteiger charge is -2.17. The number of aliphatic carboxylic acids is 1. The molecule has 2 atom stereocenters. The molecule has 1 N–H and O–H groups in total. The number of rotatable bonds is 2. The SMILES string of the molecule is O=C(O)CC1CCCC12CC21CC1. The predicted molar refractivity (Wildman–Crippen MR) is 48.3 cm³/mol. The van der Waals surface area contributed by atoms with Gasteiger partial charge in [-0.15, -0.1) is 0 Å². The van der Waals surface area contributed by atoms with Crippen LogP contribution in [0.5, 0.6) is 0 Å². The molecule has 2 unspecified atom stereocenters. The van der Waals surface area contributed by atoms with Crippen molar-refractivity contribution >= 4 is 5.97 Å². The number of fused-ring (bicyclic) bond motifs is 1. The predicted octanol–water partition coefficient (Wildman–Crippen LogP) is 2.43. The molecule has 0 aromatic rings. The maximum Gasteiger partial charge on any atom is 0.303 e. The molecule has 0 bridgehead atoms. The van der Waals surface area contributed by atoms with E-state index in [1.165, 1.54) is 38.5 Å². The van der Waals surface area contributed by atoms with Crippen molar-refractivity contribution in [2.45, 2.75) is 44.9 Å². The van der Waals surface area contributed by atoms with Crippen molar-refractivity contribution < 1.29 is 9.90 Å². The Balaban J connectivity index is 1.77. The molecule has 13 heavy (non-hydrogen) atoms. The zero-order chi connectivity index (χ0) is 9.10. The summed E-state index contributed by atoms with van der Waals surface area (Å²) in [6.07, 6.45) is 8.35. The molecular weight excluding hydrogens is 164 g/mol. The molecule has 2 heteroatoms. The van der Waals surface area contributed by atoms with Crippen LogP contribution in [0.25, 0.3) is 0 Å². The highest BCUT2D eigenvalue weighted by Crippen LogP contribution is 2.85. The quantitative estimate of drug-likeness (QED) is 0.708. The van der Waals surface area contributed by atoms with Crippen molar-refractivity contribution in [3.05, 3.63) is 0 Å². The van der Waals surface area contributed by atoms with E-state index in [0.717, 1.165) is 0 Å². The van der Waals surface area contributed by atoms with Gasteiger partial charge in [0.1, 0.15) is 0 Å². The van der Waals surface area contributed by atoms with E-state index in [1.54, 1.807) is 0 Å². The molecule has 0 saturated heterocycles. The van der Waals surface area contributed by atoms with Gasteiger partial charge in [-0.1, -0.05) is 6.42 Å². The average molecular weight is 180 g/mol. The van der Waals surface area contributed by atoms with Gasteiger partial charge in [0.25, 0.3) is 0 Å². The minimum Gasteiger partial charge on any atom is -0.481 e. The Morgan fingerprint density at radius 3 is 2.69 bits per heavy atom. The Kier molecular flexibility index (Phi) is 1.27. The zero-order valence-electron chi connectivity index (χ0n) is 7.88. The number of hydrogen-bond acceptors (Lipinski definition) is 1. The second kappa shape index (κ2) is 2.10. The van der Waals surface area contributed by atoms with Crippen LogP contribution >= 0.6 is 0 Å². The van der Waals surface area contributed by atoms with E-state index in [-0.39, 0.29) is 0 Å². The van der Waals surface area contributed by atoms with E-state index < -0.39 is 5.97 Å². The van der Waals surface area contributed by atoms with Gasteiger partial charge in [-0.3, -0.25) is 4.79 Å². The van der Waals surface area contributed by atoms with Crippen LogP contribution in [-0.4, -0.2) is 11.1 Å². The topological polar surface area (TPSA) is 37.3 Å². The number of carbonyl (C=O) groups is 1. The molecule has 2 nitrogen and oxygen atoms in total. The highest BCUT2D eigenvalue weighted by molar-refractivity contribution is 5.67. The van der Waals surface area contributed by atoms with Gasteiger partial charge in [-0.2, -0.15) is 0 Å². The van der Waals surface area contributed by atoms with Crippen molar-refractivity contribution in [1.82, 2.24) is 0 Å². The van der Waals surface area contributed by atoms with Gasteiger partial charge < -0.3 is 5.11 Å². The molecule has 0 heterocycles. The monoisotopic (exact) mass is 180 g/mol. The van der Waals surface area contributed by atoms with E-state index in [1.807, 2.05) is 0 Å². The molecule has 0 amide bonds. The lowest BCUT2D eigenvalue weighted by Crippen LogP contribution is -2.16. The van der Waals surface area contributed by atoms with E-state index in [4.69, 9.17) is 5.11 Å². The second-order valence-electron chi connectivity index (χ2n) is 5.30. The fourth-order valence-corrected chi connectivity index (χ4v) is 3.97. The Morgan fingerprint density at radius 1 is 1.38 bits per heavy atom. The number of carboxylic acid groups (broad SMARTS) is 1. The highest BCUT2D eigenvalue weighted by Gasteiger charge is 2.76. The third-order valence-electron chi connectivity index (χ3n) is 4.82. The summed E-state index contributed by atoms with van der Waals surface area (Å²) < 4.78 is 0. The lowest BCUT2D eigenvalue weighted by atomic mass is 9.87. The molecule has 2 spiro atoms. The normalized spacial score (nSPS) is 44.2. The molecule has 0 aromatic heterocycles. The van der Waals surface area contributed by atoms with Crippen molar-refractivity contribution in [2.75, 3.05) is 0 Å². The van der Waals surface area contributed by atoms with Crippen molar-refractivity contribution in [3.8, 4) is 0 Å². The summed E-state index contributed by atoms with van der Waals surface area (Å²) >= 11 is 0. The van der Waals surface area contributed by atoms with Crippen molar-refractivity contribution in [2.24, 2.45) is 16.7 Å². The van der Waals surface area contributed by atoms with E-state index >= 15 is 0 Å². The molecule has 3 saturated carbocycles. The highest BCUT2D eigenvalue weighted by atomic mass is 16.4. The van der Waals surface area contributed by atoms with Crippen LogP contribution in [0.3, 0.4) is 0 Å². The molecule has 0 aliphatic heterocycles. The minimum absolute atomic E-state index is 0.432. The molecule has 0 radical (unpaired) electrons. The van der Waals surface area contributed by atoms with Crippen molar-refractivity contribution in [1.29, 1.82) is 0 Å². The summed E-state index contributed by atoms with van der Waals surface area (Å²) in [4.78, 5) is 10.7. The Bertz CT molecular complexity index is 263. The summed E-state index contributed by atoms with van der Waals surface area (Å²) in [6, 6.07) is 0. The van der Waals surface area contributed by atoms with E-state index in [2.05, 4.69) is 0 Å². The van der Waals surface area contributed by atoms with Crippen LogP contribution in [0, 0.1) is 16.7 Å². The van der Waals surface area contributed by atoms with Gasteiger partial charge >= 0.3 is 5.97 Å². The van der Waals surface area contributed by atoms with E-state index in [9.17, 15) is 4.79 Å². The number of hydrogen-bond donors (Lipinski definition) is 1. The summed E-state index contributed by atoms with van der Waals surface area (Å²) in [6.45, 7) is 0. The Labute approximate surface area is 78.3 Å². The molecule has 3 rings (SSSR count). The second-order valence-corrected chi connectivity index (χ2v) is 5.30. The number of carboxylic acids is 1. The van der Waals surface area contributed by atoms with Crippen LogP contribution < -0.4 is 0 Å². The first-order valence-electron chi connectivity index (χ1n) is 5.40.